The fourth-order valence-electron chi connectivity index (χ4n) is 1.97. The summed E-state index contributed by atoms with van der Waals surface area (Å²) in [5.74, 6) is 0.960. The SMILES string of the molecule is Cc1nc(NC(C)C)cc(C(=O)Nc2ccc(Br)c(C)c2)n1. The van der Waals surface area contributed by atoms with Crippen LogP contribution in [0.3, 0.4) is 0 Å². The second kappa shape index (κ2) is 6.87. The number of carbonyl (C=O) groups excluding carboxylic acids is 1. The maximum absolute atomic E-state index is 12.4. The van der Waals surface area contributed by atoms with E-state index in [1.807, 2.05) is 39.0 Å². The van der Waals surface area contributed by atoms with Gasteiger partial charge in [0, 0.05) is 22.3 Å². The molecule has 0 unspecified atom stereocenters. The van der Waals surface area contributed by atoms with E-state index in [4.69, 9.17) is 0 Å². The molecule has 2 aromatic rings. The number of anilines is 2. The molecule has 0 fully saturated rings. The zero-order valence-corrected chi connectivity index (χ0v) is 14.7. The maximum Gasteiger partial charge on any atom is 0.274 e. The van der Waals surface area contributed by atoms with Gasteiger partial charge < -0.3 is 10.6 Å². The predicted octanol–water partition coefficient (Wildman–Crippen LogP) is 3.93. The highest BCUT2D eigenvalue weighted by molar-refractivity contribution is 9.10. The summed E-state index contributed by atoms with van der Waals surface area (Å²) in [5.41, 5.74) is 2.13. The number of carbonyl (C=O) groups is 1. The zero-order valence-electron chi connectivity index (χ0n) is 13.1. The molecule has 0 aliphatic heterocycles. The number of benzene rings is 1. The molecule has 0 aliphatic rings. The first kappa shape index (κ1) is 16.4. The van der Waals surface area contributed by atoms with Crippen molar-refractivity contribution >= 4 is 33.3 Å². The van der Waals surface area contributed by atoms with E-state index >= 15 is 0 Å². The number of aryl methyl sites for hydroxylation is 2. The average molecular weight is 363 g/mol. The molecule has 1 aromatic carbocycles. The summed E-state index contributed by atoms with van der Waals surface area (Å²) in [4.78, 5) is 20.8. The summed E-state index contributed by atoms with van der Waals surface area (Å²) in [6, 6.07) is 7.55. The third-order valence-electron chi connectivity index (χ3n) is 2.92. The Hall–Kier alpha value is -1.95. The van der Waals surface area contributed by atoms with Gasteiger partial charge in [0.15, 0.2) is 0 Å². The van der Waals surface area contributed by atoms with Gasteiger partial charge in [-0.1, -0.05) is 15.9 Å². The molecular formula is C16H19BrN4O. The number of halogens is 1. The lowest BCUT2D eigenvalue weighted by Crippen LogP contribution is -2.17. The average Bonchev–Trinajstić information content (AvgIpc) is 2.41. The molecule has 5 nitrogen and oxygen atoms in total. The Morgan fingerprint density at radius 1 is 1.18 bits per heavy atom. The minimum Gasteiger partial charge on any atom is -0.368 e. The van der Waals surface area contributed by atoms with Gasteiger partial charge in [0.1, 0.15) is 17.3 Å². The molecule has 116 valence electrons. The third-order valence-corrected chi connectivity index (χ3v) is 3.81. The third kappa shape index (κ3) is 4.27. The Kier molecular flexibility index (Phi) is 5.13. The van der Waals surface area contributed by atoms with Gasteiger partial charge in [-0.15, -0.1) is 0 Å². The van der Waals surface area contributed by atoms with Gasteiger partial charge in [-0.25, -0.2) is 9.97 Å². The lowest BCUT2D eigenvalue weighted by molar-refractivity contribution is 0.102. The molecule has 1 heterocycles. The van der Waals surface area contributed by atoms with E-state index in [-0.39, 0.29) is 11.9 Å². The van der Waals surface area contributed by atoms with E-state index in [0.717, 1.165) is 15.7 Å². The van der Waals surface area contributed by atoms with Gasteiger partial charge in [0.25, 0.3) is 5.91 Å². The standard InChI is InChI=1S/C16H19BrN4O/c1-9(2)18-15-8-14(19-11(4)20-15)16(22)21-12-5-6-13(17)10(3)7-12/h5-9H,1-4H3,(H,21,22)(H,18,19,20). The fraction of sp³-hybridized carbons (Fsp3) is 0.312. The van der Waals surface area contributed by atoms with Crippen molar-refractivity contribution in [2.24, 2.45) is 0 Å². The molecule has 22 heavy (non-hydrogen) atoms. The van der Waals surface area contributed by atoms with E-state index in [0.29, 0.717) is 17.3 Å². The largest absolute Gasteiger partial charge is 0.368 e. The van der Waals surface area contributed by atoms with E-state index < -0.39 is 0 Å². The zero-order chi connectivity index (χ0) is 16.3. The first-order valence-electron chi connectivity index (χ1n) is 7.05. The Balaban J connectivity index is 2.21. The van der Waals surface area contributed by atoms with E-state index in [9.17, 15) is 4.79 Å². The van der Waals surface area contributed by atoms with Crippen LogP contribution < -0.4 is 10.6 Å². The van der Waals surface area contributed by atoms with Crippen molar-refractivity contribution in [1.82, 2.24) is 9.97 Å². The number of rotatable bonds is 4. The molecular weight excluding hydrogens is 344 g/mol. The van der Waals surface area contributed by atoms with Crippen molar-refractivity contribution in [1.29, 1.82) is 0 Å². The smallest absolute Gasteiger partial charge is 0.274 e. The van der Waals surface area contributed by atoms with Crippen molar-refractivity contribution in [2.45, 2.75) is 33.7 Å². The van der Waals surface area contributed by atoms with Gasteiger partial charge in [-0.05, 0) is 51.5 Å². The van der Waals surface area contributed by atoms with Crippen molar-refractivity contribution < 1.29 is 4.79 Å². The molecule has 0 radical (unpaired) electrons. The Bertz CT molecular complexity index is 701. The molecule has 0 bridgehead atoms. The molecule has 1 aromatic heterocycles. The quantitative estimate of drug-likeness (QED) is 0.864. The number of amides is 1. The minimum absolute atomic E-state index is 0.235. The lowest BCUT2D eigenvalue weighted by atomic mass is 10.2. The minimum atomic E-state index is -0.251. The highest BCUT2D eigenvalue weighted by Gasteiger charge is 2.12. The number of nitrogens with one attached hydrogen (secondary N) is 2. The van der Waals surface area contributed by atoms with Crippen LogP contribution in [0.15, 0.2) is 28.7 Å². The molecule has 0 aliphatic carbocycles. The van der Waals surface area contributed by atoms with Gasteiger partial charge in [0.05, 0.1) is 0 Å². The fourth-order valence-corrected chi connectivity index (χ4v) is 2.22. The van der Waals surface area contributed by atoms with Gasteiger partial charge in [-0.2, -0.15) is 0 Å². The second-order valence-electron chi connectivity index (χ2n) is 5.40. The molecule has 0 saturated heterocycles. The van der Waals surface area contributed by atoms with Crippen LogP contribution in [-0.2, 0) is 0 Å². The molecule has 0 atom stereocenters. The maximum atomic E-state index is 12.4. The predicted molar refractivity (Wildman–Crippen MR) is 92.4 cm³/mol. The molecule has 1 amide bonds. The number of nitrogens with zero attached hydrogens (tertiary/aromatic N) is 2. The summed E-state index contributed by atoms with van der Waals surface area (Å²) in [7, 11) is 0. The monoisotopic (exact) mass is 362 g/mol. The van der Waals surface area contributed by atoms with Gasteiger partial charge in [0.2, 0.25) is 0 Å². The van der Waals surface area contributed by atoms with E-state index in [2.05, 4.69) is 36.5 Å². The lowest BCUT2D eigenvalue weighted by Gasteiger charge is -2.11. The van der Waals surface area contributed by atoms with Crippen LogP contribution in [0.25, 0.3) is 0 Å². The first-order valence-corrected chi connectivity index (χ1v) is 7.84. The van der Waals surface area contributed by atoms with Crippen LogP contribution in [0.5, 0.6) is 0 Å². The number of hydrogen-bond acceptors (Lipinski definition) is 4. The second-order valence-corrected chi connectivity index (χ2v) is 6.26. The summed E-state index contributed by atoms with van der Waals surface area (Å²) in [6.45, 7) is 7.77. The Labute approximate surface area is 138 Å². The van der Waals surface area contributed by atoms with Crippen LogP contribution in [-0.4, -0.2) is 21.9 Å². The van der Waals surface area contributed by atoms with Gasteiger partial charge in [-0.3, -0.25) is 4.79 Å². The van der Waals surface area contributed by atoms with Crippen LogP contribution in [0, 0.1) is 13.8 Å². The Morgan fingerprint density at radius 3 is 2.55 bits per heavy atom. The summed E-state index contributed by atoms with van der Waals surface area (Å²) < 4.78 is 1.01. The van der Waals surface area contributed by atoms with E-state index in [1.165, 1.54) is 0 Å². The highest BCUT2D eigenvalue weighted by Crippen LogP contribution is 2.20. The topological polar surface area (TPSA) is 66.9 Å². The van der Waals surface area contributed by atoms with E-state index in [1.54, 1.807) is 13.0 Å². The van der Waals surface area contributed by atoms with Crippen LogP contribution in [0.2, 0.25) is 0 Å². The van der Waals surface area contributed by atoms with Crippen molar-refractivity contribution in [3.8, 4) is 0 Å². The van der Waals surface area contributed by atoms with Gasteiger partial charge >= 0.3 is 0 Å². The summed E-state index contributed by atoms with van der Waals surface area (Å²) >= 11 is 3.44. The van der Waals surface area contributed by atoms with Crippen molar-refractivity contribution in [3.63, 3.8) is 0 Å². The first-order chi connectivity index (χ1) is 10.3. The normalized spacial score (nSPS) is 10.6. The van der Waals surface area contributed by atoms with Crippen LogP contribution in [0.4, 0.5) is 11.5 Å². The molecule has 0 saturated carbocycles. The summed E-state index contributed by atoms with van der Waals surface area (Å²) in [5, 5.41) is 6.04. The van der Waals surface area contributed by atoms with Crippen LogP contribution >= 0.6 is 15.9 Å². The number of aromatic nitrogens is 2. The highest BCUT2D eigenvalue weighted by atomic mass is 79.9. The van der Waals surface area contributed by atoms with Crippen molar-refractivity contribution in [2.75, 3.05) is 10.6 Å². The number of hydrogen-bond donors (Lipinski definition) is 2. The molecule has 2 N–H and O–H groups in total. The Morgan fingerprint density at radius 2 is 1.91 bits per heavy atom. The molecule has 0 spiro atoms. The molecule has 6 heteroatoms. The van der Waals surface area contributed by atoms with Crippen LogP contribution in [0.1, 0.15) is 35.7 Å². The summed E-state index contributed by atoms with van der Waals surface area (Å²) in [6.07, 6.45) is 0. The molecule has 2 rings (SSSR count). The van der Waals surface area contributed by atoms with Crippen molar-refractivity contribution in [3.05, 3.63) is 45.8 Å².